The number of hydrogen-bond acceptors (Lipinski definition) is 3. The molecule has 21 heavy (non-hydrogen) atoms. The maximum atomic E-state index is 12.3. The summed E-state index contributed by atoms with van der Waals surface area (Å²) in [5.41, 5.74) is 1.18. The normalized spacial score (nSPS) is 17.2. The molecule has 1 saturated heterocycles. The minimum atomic E-state index is -3.12. The van der Waals surface area contributed by atoms with E-state index in [1.807, 2.05) is 30.3 Å². The van der Waals surface area contributed by atoms with Crippen LogP contribution in [0.3, 0.4) is 0 Å². The molecule has 0 radical (unpaired) electrons. The number of likely N-dealkylation sites (N-methyl/N-ethyl adjacent to an activating group) is 1. The molecule has 1 fully saturated rings. The standard InChI is InChI=1S/C16H26N2O2S/c1-18(13-9-15-5-3-2-4-6-15)21(19,20)14-10-16-7-11-17-12-8-16/h2-6,16-17H,7-14H2,1H3. The van der Waals surface area contributed by atoms with Gasteiger partial charge >= 0.3 is 0 Å². The Morgan fingerprint density at radius 1 is 1.19 bits per heavy atom. The third-order valence-electron chi connectivity index (χ3n) is 4.28. The molecule has 0 amide bonds. The molecule has 0 bridgehead atoms. The molecule has 0 spiro atoms. The van der Waals surface area contributed by atoms with Gasteiger partial charge in [0.1, 0.15) is 0 Å². The Bertz CT molecular complexity index is 510. The first kappa shape index (κ1) is 16.5. The highest BCUT2D eigenvalue weighted by molar-refractivity contribution is 7.89. The summed E-state index contributed by atoms with van der Waals surface area (Å²) in [6.07, 6.45) is 3.76. The van der Waals surface area contributed by atoms with Crippen LogP contribution in [0, 0.1) is 5.92 Å². The van der Waals surface area contributed by atoms with E-state index in [-0.39, 0.29) is 5.75 Å². The largest absolute Gasteiger partial charge is 0.317 e. The van der Waals surface area contributed by atoms with Crippen LogP contribution in [0.4, 0.5) is 0 Å². The number of hydrogen-bond donors (Lipinski definition) is 1. The highest BCUT2D eigenvalue weighted by Crippen LogP contribution is 2.17. The van der Waals surface area contributed by atoms with E-state index in [2.05, 4.69) is 5.32 Å². The average Bonchev–Trinajstić information content (AvgIpc) is 2.52. The molecular weight excluding hydrogens is 284 g/mol. The lowest BCUT2D eigenvalue weighted by Gasteiger charge is -2.24. The van der Waals surface area contributed by atoms with Gasteiger partial charge in [-0.2, -0.15) is 0 Å². The molecule has 1 aliphatic heterocycles. The molecule has 2 rings (SSSR count). The average molecular weight is 310 g/mol. The van der Waals surface area contributed by atoms with Gasteiger partial charge in [0.2, 0.25) is 10.0 Å². The Kier molecular flexibility index (Phi) is 6.21. The molecule has 1 aromatic carbocycles. The number of nitrogens with one attached hydrogen (secondary N) is 1. The van der Waals surface area contributed by atoms with E-state index in [0.717, 1.165) is 38.8 Å². The molecule has 4 nitrogen and oxygen atoms in total. The molecule has 0 saturated carbocycles. The van der Waals surface area contributed by atoms with E-state index in [4.69, 9.17) is 0 Å². The van der Waals surface area contributed by atoms with Gasteiger partial charge in [-0.15, -0.1) is 0 Å². The zero-order chi connectivity index (χ0) is 15.1. The fourth-order valence-corrected chi connectivity index (χ4v) is 4.02. The molecule has 0 aliphatic carbocycles. The molecule has 0 unspecified atom stereocenters. The highest BCUT2D eigenvalue weighted by Gasteiger charge is 2.21. The zero-order valence-corrected chi connectivity index (χ0v) is 13.6. The van der Waals surface area contributed by atoms with E-state index in [0.29, 0.717) is 12.5 Å². The maximum absolute atomic E-state index is 12.3. The number of sulfonamides is 1. The fraction of sp³-hybridized carbons (Fsp3) is 0.625. The lowest BCUT2D eigenvalue weighted by Crippen LogP contribution is -2.33. The summed E-state index contributed by atoms with van der Waals surface area (Å²) < 4.78 is 26.1. The van der Waals surface area contributed by atoms with Crippen molar-refractivity contribution in [1.82, 2.24) is 9.62 Å². The Morgan fingerprint density at radius 3 is 2.52 bits per heavy atom. The smallest absolute Gasteiger partial charge is 0.213 e. The predicted molar refractivity (Wildman–Crippen MR) is 86.8 cm³/mol. The summed E-state index contributed by atoms with van der Waals surface area (Å²) in [7, 11) is -1.42. The van der Waals surface area contributed by atoms with Gasteiger partial charge in [-0.3, -0.25) is 0 Å². The molecular formula is C16H26N2O2S. The second kappa shape index (κ2) is 7.92. The van der Waals surface area contributed by atoms with Gasteiger partial charge in [-0.1, -0.05) is 30.3 Å². The number of benzene rings is 1. The van der Waals surface area contributed by atoms with Crippen molar-refractivity contribution in [3.05, 3.63) is 35.9 Å². The Labute approximate surface area is 128 Å². The van der Waals surface area contributed by atoms with Gasteiger partial charge in [0.25, 0.3) is 0 Å². The second-order valence-corrected chi connectivity index (χ2v) is 8.05. The molecule has 1 aromatic rings. The Hall–Kier alpha value is -0.910. The lowest BCUT2D eigenvalue weighted by atomic mass is 9.96. The van der Waals surface area contributed by atoms with E-state index < -0.39 is 10.0 Å². The van der Waals surface area contributed by atoms with Gasteiger partial charge in [0.15, 0.2) is 0 Å². The van der Waals surface area contributed by atoms with Gasteiger partial charge in [-0.05, 0) is 50.3 Å². The Balaban J connectivity index is 1.78. The fourth-order valence-electron chi connectivity index (χ4n) is 2.71. The molecule has 0 atom stereocenters. The third-order valence-corrected chi connectivity index (χ3v) is 6.16. The van der Waals surface area contributed by atoms with Gasteiger partial charge in [-0.25, -0.2) is 12.7 Å². The van der Waals surface area contributed by atoms with Crippen LogP contribution in [-0.2, 0) is 16.4 Å². The molecule has 1 aliphatic rings. The molecule has 5 heteroatoms. The van der Waals surface area contributed by atoms with Gasteiger partial charge < -0.3 is 5.32 Å². The first-order valence-electron chi connectivity index (χ1n) is 7.76. The molecule has 1 heterocycles. The van der Waals surface area contributed by atoms with E-state index >= 15 is 0 Å². The van der Waals surface area contributed by atoms with Crippen molar-refractivity contribution in [2.24, 2.45) is 5.92 Å². The van der Waals surface area contributed by atoms with Crippen LogP contribution in [0.25, 0.3) is 0 Å². The summed E-state index contributed by atoms with van der Waals surface area (Å²) in [6.45, 7) is 2.60. The topological polar surface area (TPSA) is 49.4 Å². The van der Waals surface area contributed by atoms with Crippen LogP contribution in [0.1, 0.15) is 24.8 Å². The summed E-state index contributed by atoms with van der Waals surface area (Å²) >= 11 is 0. The van der Waals surface area contributed by atoms with E-state index in [9.17, 15) is 8.42 Å². The van der Waals surface area contributed by atoms with Crippen LogP contribution in [0.2, 0.25) is 0 Å². The monoisotopic (exact) mass is 310 g/mol. The second-order valence-electron chi connectivity index (χ2n) is 5.86. The molecule has 1 N–H and O–H groups in total. The first-order valence-corrected chi connectivity index (χ1v) is 9.37. The van der Waals surface area contributed by atoms with Gasteiger partial charge in [0, 0.05) is 13.6 Å². The van der Waals surface area contributed by atoms with Crippen molar-refractivity contribution in [3.63, 3.8) is 0 Å². The number of piperidine rings is 1. The SMILES string of the molecule is CN(CCc1ccccc1)S(=O)(=O)CCC1CCNCC1. The lowest BCUT2D eigenvalue weighted by molar-refractivity contribution is 0.362. The third kappa shape index (κ3) is 5.41. The van der Waals surface area contributed by atoms with Crippen LogP contribution in [-0.4, -0.2) is 45.2 Å². The predicted octanol–water partition coefficient (Wildman–Crippen LogP) is 1.88. The summed E-state index contributed by atoms with van der Waals surface area (Å²) in [5.74, 6) is 0.840. The zero-order valence-electron chi connectivity index (χ0n) is 12.8. The number of nitrogens with zero attached hydrogens (tertiary/aromatic N) is 1. The van der Waals surface area contributed by atoms with Gasteiger partial charge in [0.05, 0.1) is 5.75 Å². The van der Waals surface area contributed by atoms with Crippen molar-refractivity contribution in [2.75, 3.05) is 32.4 Å². The summed E-state index contributed by atoms with van der Waals surface area (Å²) in [5, 5.41) is 3.31. The van der Waals surface area contributed by atoms with Crippen LogP contribution in [0.15, 0.2) is 30.3 Å². The summed E-state index contributed by atoms with van der Waals surface area (Å²) in [6, 6.07) is 10.0. The van der Waals surface area contributed by atoms with Crippen molar-refractivity contribution >= 4 is 10.0 Å². The van der Waals surface area contributed by atoms with E-state index in [1.54, 1.807) is 7.05 Å². The molecule has 0 aromatic heterocycles. The van der Waals surface area contributed by atoms with Crippen molar-refractivity contribution in [1.29, 1.82) is 0 Å². The minimum absolute atomic E-state index is 0.281. The molecule has 118 valence electrons. The number of rotatable bonds is 7. The van der Waals surface area contributed by atoms with Crippen LogP contribution in [0.5, 0.6) is 0 Å². The van der Waals surface area contributed by atoms with E-state index in [1.165, 1.54) is 9.87 Å². The highest BCUT2D eigenvalue weighted by atomic mass is 32.2. The Morgan fingerprint density at radius 2 is 1.86 bits per heavy atom. The van der Waals surface area contributed by atoms with Crippen LogP contribution < -0.4 is 5.32 Å². The maximum Gasteiger partial charge on any atom is 0.213 e. The summed E-state index contributed by atoms with van der Waals surface area (Å²) in [4.78, 5) is 0. The quantitative estimate of drug-likeness (QED) is 0.836. The van der Waals surface area contributed by atoms with Crippen molar-refractivity contribution in [3.8, 4) is 0 Å². The van der Waals surface area contributed by atoms with Crippen LogP contribution >= 0.6 is 0 Å². The van der Waals surface area contributed by atoms with Crippen molar-refractivity contribution in [2.45, 2.75) is 25.7 Å². The van der Waals surface area contributed by atoms with Crippen molar-refractivity contribution < 1.29 is 8.42 Å². The first-order chi connectivity index (χ1) is 10.1. The minimum Gasteiger partial charge on any atom is -0.317 e.